The molecule has 0 aliphatic rings. The van der Waals surface area contributed by atoms with Gasteiger partial charge < -0.3 is 9.47 Å². The lowest BCUT2D eigenvalue weighted by Gasteiger charge is -2.08. The largest absolute Gasteiger partial charge is 0.491 e. The summed E-state index contributed by atoms with van der Waals surface area (Å²) in [5.41, 5.74) is 0. The fraction of sp³-hybridized carbons (Fsp3) is 0.400. The maximum absolute atomic E-state index is 11.6. The van der Waals surface area contributed by atoms with Crippen LogP contribution in [0.1, 0.15) is 0 Å². The average molecular weight is 220 g/mol. The van der Waals surface area contributed by atoms with Crippen LogP contribution < -0.4 is 4.74 Å². The summed E-state index contributed by atoms with van der Waals surface area (Å²) in [5.74, 6) is 0.619. The molecule has 0 bridgehead atoms. The first-order chi connectivity index (χ1) is 7.08. The minimum absolute atomic E-state index is 0.0750. The van der Waals surface area contributed by atoms with Crippen LogP contribution in [0.4, 0.5) is 13.2 Å². The summed E-state index contributed by atoms with van der Waals surface area (Å²) >= 11 is 0. The van der Waals surface area contributed by atoms with Gasteiger partial charge in [-0.3, -0.25) is 0 Å². The Kier molecular flexibility index (Phi) is 4.42. The smallest absolute Gasteiger partial charge is 0.411 e. The van der Waals surface area contributed by atoms with Crippen molar-refractivity contribution < 1.29 is 22.6 Å². The van der Waals surface area contributed by atoms with Crippen molar-refractivity contribution in [3.05, 3.63) is 30.3 Å². The van der Waals surface area contributed by atoms with Crippen molar-refractivity contribution in [2.24, 2.45) is 0 Å². The Hall–Kier alpha value is -1.23. The number of halogens is 3. The number of alkyl halides is 3. The highest BCUT2D eigenvalue weighted by Gasteiger charge is 2.27. The summed E-state index contributed by atoms with van der Waals surface area (Å²) in [5, 5.41) is 0. The molecule has 0 fully saturated rings. The molecular weight excluding hydrogens is 209 g/mol. The molecule has 0 aromatic heterocycles. The molecule has 84 valence electrons. The van der Waals surface area contributed by atoms with Gasteiger partial charge in [0.2, 0.25) is 0 Å². The second-order valence-electron chi connectivity index (χ2n) is 2.83. The van der Waals surface area contributed by atoms with Crippen LogP contribution >= 0.6 is 0 Å². The first-order valence-electron chi connectivity index (χ1n) is 4.40. The van der Waals surface area contributed by atoms with Gasteiger partial charge in [0.05, 0.1) is 6.61 Å². The van der Waals surface area contributed by atoms with Gasteiger partial charge in [0, 0.05) is 0 Å². The van der Waals surface area contributed by atoms with E-state index >= 15 is 0 Å². The van der Waals surface area contributed by atoms with Gasteiger partial charge >= 0.3 is 6.18 Å². The van der Waals surface area contributed by atoms with E-state index in [0.717, 1.165) is 0 Å². The molecule has 1 aromatic carbocycles. The Morgan fingerprint density at radius 2 is 1.67 bits per heavy atom. The molecule has 15 heavy (non-hydrogen) atoms. The lowest BCUT2D eigenvalue weighted by molar-refractivity contribution is -0.175. The van der Waals surface area contributed by atoms with Crippen molar-refractivity contribution in [2.45, 2.75) is 6.18 Å². The summed E-state index contributed by atoms with van der Waals surface area (Å²) in [6.45, 7) is -1.19. The number of hydrogen-bond donors (Lipinski definition) is 0. The number of hydrogen-bond acceptors (Lipinski definition) is 2. The topological polar surface area (TPSA) is 18.5 Å². The summed E-state index contributed by atoms with van der Waals surface area (Å²) < 4.78 is 44.4. The fourth-order valence-electron chi connectivity index (χ4n) is 0.923. The van der Waals surface area contributed by atoms with Gasteiger partial charge in [-0.05, 0) is 12.1 Å². The minimum atomic E-state index is -4.27. The average Bonchev–Trinajstić information content (AvgIpc) is 2.17. The quantitative estimate of drug-likeness (QED) is 0.710. The molecule has 0 atom stereocenters. The summed E-state index contributed by atoms with van der Waals surface area (Å²) in [7, 11) is 0. The van der Waals surface area contributed by atoms with Crippen LogP contribution in [0.15, 0.2) is 30.3 Å². The van der Waals surface area contributed by atoms with Crippen molar-refractivity contribution in [1.82, 2.24) is 0 Å². The molecule has 0 aliphatic heterocycles. The van der Waals surface area contributed by atoms with E-state index in [1.54, 1.807) is 24.3 Å². The van der Waals surface area contributed by atoms with Gasteiger partial charge in [-0.15, -0.1) is 0 Å². The third kappa shape index (κ3) is 5.96. The van der Waals surface area contributed by atoms with E-state index < -0.39 is 12.8 Å². The van der Waals surface area contributed by atoms with Crippen LogP contribution in [0.3, 0.4) is 0 Å². The van der Waals surface area contributed by atoms with Crippen molar-refractivity contribution in [1.29, 1.82) is 0 Å². The lowest BCUT2D eigenvalue weighted by atomic mass is 10.3. The molecule has 1 rings (SSSR count). The molecule has 0 saturated carbocycles. The summed E-state index contributed by atoms with van der Waals surface area (Å²) in [6, 6.07) is 8.85. The molecule has 2 nitrogen and oxygen atoms in total. The fourth-order valence-corrected chi connectivity index (χ4v) is 0.923. The van der Waals surface area contributed by atoms with Gasteiger partial charge in [0.1, 0.15) is 19.0 Å². The Labute approximate surface area is 85.6 Å². The molecule has 5 heteroatoms. The minimum Gasteiger partial charge on any atom is -0.491 e. The third-order valence-corrected chi connectivity index (χ3v) is 1.51. The first-order valence-corrected chi connectivity index (χ1v) is 4.40. The molecule has 0 N–H and O–H groups in total. The normalized spacial score (nSPS) is 11.4. The van der Waals surface area contributed by atoms with Gasteiger partial charge in [-0.1, -0.05) is 18.2 Å². The van der Waals surface area contributed by atoms with Crippen LogP contribution in [-0.2, 0) is 4.74 Å². The van der Waals surface area contributed by atoms with Gasteiger partial charge in [-0.25, -0.2) is 0 Å². The van der Waals surface area contributed by atoms with Crippen molar-refractivity contribution in [3.63, 3.8) is 0 Å². The van der Waals surface area contributed by atoms with Crippen LogP contribution in [0.2, 0.25) is 0 Å². The zero-order valence-corrected chi connectivity index (χ0v) is 7.96. The Balaban J connectivity index is 2.08. The van der Waals surface area contributed by atoms with Crippen LogP contribution in [0.25, 0.3) is 0 Å². The monoisotopic (exact) mass is 220 g/mol. The standard InChI is InChI=1S/C10H11F3O2/c11-10(12,13)8-14-6-7-15-9-4-2-1-3-5-9/h1-5H,6-8H2. The van der Waals surface area contributed by atoms with E-state index in [-0.39, 0.29) is 13.2 Å². The van der Waals surface area contributed by atoms with Crippen LogP contribution in [-0.4, -0.2) is 26.0 Å². The number of rotatable bonds is 5. The predicted molar refractivity (Wildman–Crippen MR) is 48.8 cm³/mol. The maximum atomic E-state index is 11.6. The molecule has 0 amide bonds. The Morgan fingerprint density at radius 1 is 1.00 bits per heavy atom. The van der Waals surface area contributed by atoms with E-state index in [1.807, 2.05) is 6.07 Å². The summed E-state index contributed by atoms with van der Waals surface area (Å²) in [6.07, 6.45) is -4.27. The molecule has 1 aromatic rings. The van der Waals surface area contributed by atoms with Crippen LogP contribution in [0, 0.1) is 0 Å². The van der Waals surface area contributed by atoms with Gasteiger partial charge in [-0.2, -0.15) is 13.2 Å². The number of benzene rings is 1. The van der Waals surface area contributed by atoms with E-state index in [2.05, 4.69) is 4.74 Å². The number of para-hydroxylation sites is 1. The molecule has 0 spiro atoms. The molecule has 0 aliphatic carbocycles. The highest BCUT2D eigenvalue weighted by molar-refractivity contribution is 5.20. The Bertz CT molecular complexity index is 272. The zero-order chi connectivity index (χ0) is 11.1. The molecule has 0 radical (unpaired) electrons. The zero-order valence-electron chi connectivity index (χ0n) is 7.96. The van der Waals surface area contributed by atoms with Crippen molar-refractivity contribution in [3.8, 4) is 5.75 Å². The first kappa shape index (κ1) is 11.8. The Morgan fingerprint density at radius 3 is 2.27 bits per heavy atom. The van der Waals surface area contributed by atoms with Gasteiger partial charge in [0.15, 0.2) is 0 Å². The SMILES string of the molecule is FC(F)(F)COCCOc1ccccc1. The van der Waals surface area contributed by atoms with Crippen molar-refractivity contribution in [2.75, 3.05) is 19.8 Å². The second kappa shape index (κ2) is 5.60. The van der Waals surface area contributed by atoms with E-state index in [1.165, 1.54) is 0 Å². The van der Waals surface area contributed by atoms with Gasteiger partial charge in [0.25, 0.3) is 0 Å². The number of ether oxygens (including phenoxy) is 2. The van der Waals surface area contributed by atoms with E-state index in [0.29, 0.717) is 5.75 Å². The van der Waals surface area contributed by atoms with Crippen molar-refractivity contribution >= 4 is 0 Å². The summed E-state index contributed by atoms with van der Waals surface area (Å²) in [4.78, 5) is 0. The molecular formula is C10H11F3O2. The predicted octanol–water partition coefficient (Wildman–Crippen LogP) is 2.64. The molecule has 0 unspecified atom stereocenters. The highest BCUT2D eigenvalue weighted by Crippen LogP contribution is 2.14. The molecule has 0 heterocycles. The highest BCUT2D eigenvalue weighted by atomic mass is 19.4. The third-order valence-electron chi connectivity index (χ3n) is 1.51. The van der Waals surface area contributed by atoms with E-state index in [4.69, 9.17) is 4.74 Å². The molecule has 0 saturated heterocycles. The maximum Gasteiger partial charge on any atom is 0.411 e. The second-order valence-corrected chi connectivity index (χ2v) is 2.83. The van der Waals surface area contributed by atoms with E-state index in [9.17, 15) is 13.2 Å². The van der Waals surface area contributed by atoms with Crippen LogP contribution in [0.5, 0.6) is 5.75 Å². The lowest BCUT2D eigenvalue weighted by Crippen LogP contribution is -2.19.